The number of hydrogen-bond acceptors (Lipinski definition) is 17. The Balaban J connectivity index is 1.62. The molecule has 3 fully saturated rings. The van der Waals surface area contributed by atoms with E-state index in [2.05, 4.69) is 0 Å². The van der Waals surface area contributed by atoms with E-state index in [1.165, 1.54) is 33.1 Å². The van der Waals surface area contributed by atoms with E-state index in [0.29, 0.717) is 5.57 Å². The number of ether oxygens (including phenoxy) is 8. The van der Waals surface area contributed by atoms with E-state index in [-0.39, 0.29) is 44.1 Å². The third kappa shape index (κ3) is 11.7. The number of hydrogen-bond donors (Lipinski definition) is 4. The van der Waals surface area contributed by atoms with Gasteiger partial charge in [0, 0.05) is 61.8 Å². The number of esters is 5. The Kier molecular flexibility index (Phi) is 16.0. The number of unbranched alkanes of at least 4 members (excludes halogenated alkanes) is 1. The summed E-state index contributed by atoms with van der Waals surface area (Å²) in [6, 6.07) is 0. The van der Waals surface area contributed by atoms with Crippen molar-refractivity contribution in [3.8, 4) is 0 Å². The second-order valence-corrected chi connectivity index (χ2v) is 18.2. The van der Waals surface area contributed by atoms with Crippen molar-refractivity contribution in [2.45, 2.75) is 179 Å². The van der Waals surface area contributed by atoms with Crippen molar-refractivity contribution in [1.82, 2.24) is 0 Å². The number of rotatable bonds is 8. The highest BCUT2D eigenvalue weighted by Crippen LogP contribution is 2.51. The van der Waals surface area contributed by atoms with E-state index in [1.54, 1.807) is 45.9 Å². The van der Waals surface area contributed by atoms with Crippen molar-refractivity contribution >= 4 is 29.8 Å². The Morgan fingerprint density at radius 2 is 1.68 bits per heavy atom. The minimum absolute atomic E-state index is 0.0667. The topological polar surface area (TPSA) is 240 Å². The first-order valence-electron chi connectivity index (χ1n) is 21.6. The zero-order valence-corrected chi connectivity index (χ0v) is 37.4. The lowest BCUT2D eigenvalue weighted by molar-refractivity contribution is -0.348. The smallest absolute Gasteiger partial charge is 0.331 e. The number of aliphatic hydroxyl groups is 4. The maximum atomic E-state index is 13.4. The zero-order chi connectivity index (χ0) is 46.5. The molecule has 0 radical (unpaired) electrons. The van der Waals surface area contributed by atoms with Crippen LogP contribution in [-0.4, -0.2) is 130 Å². The molecule has 0 spiro atoms. The molecule has 350 valence electrons. The van der Waals surface area contributed by atoms with Crippen LogP contribution < -0.4 is 0 Å². The van der Waals surface area contributed by atoms with Crippen LogP contribution in [0.3, 0.4) is 0 Å². The van der Waals surface area contributed by atoms with Crippen molar-refractivity contribution in [2.75, 3.05) is 7.11 Å². The van der Waals surface area contributed by atoms with E-state index in [9.17, 15) is 44.4 Å². The minimum atomic E-state index is -2.47. The fraction of sp³-hybridized carbons (Fsp3) is 0.674. The van der Waals surface area contributed by atoms with Gasteiger partial charge in [0.05, 0.1) is 49.5 Å². The summed E-state index contributed by atoms with van der Waals surface area (Å²) in [4.78, 5) is 64.7. The van der Waals surface area contributed by atoms with Gasteiger partial charge in [-0.05, 0) is 26.2 Å². The SMILES string of the molecule is CCC/C=C/C=C/C(=O)O[C@@H]1C2=CC(=O)O[C@@H]2[C@H]2C[C@H]([C@@H](C)O)OC(=O)C[C@H](O)C[C@@H]3C[C@H](OC(C)=O)C(C)(C)[C@](O)(C[C@@H]4C/C(=C/C(=O)OC)C[C@H](/C=C/C(C)(C)[C@]1(O)O2)O4)O3. The molecule has 17 nitrogen and oxygen atoms in total. The lowest BCUT2D eigenvalue weighted by Crippen LogP contribution is -2.65. The van der Waals surface area contributed by atoms with Crippen LogP contribution in [0.2, 0.25) is 0 Å². The molecule has 0 aromatic carbocycles. The lowest BCUT2D eigenvalue weighted by atomic mass is 9.70. The average molecular weight is 889 g/mol. The summed E-state index contributed by atoms with van der Waals surface area (Å²) in [6.45, 7) is 11.2. The molecular formula is C46H64O17. The van der Waals surface area contributed by atoms with Crippen molar-refractivity contribution in [1.29, 1.82) is 0 Å². The molecule has 0 unspecified atom stereocenters. The highest BCUT2D eigenvalue weighted by molar-refractivity contribution is 5.87. The molecule has 12 atom stereocenters. The van der Waals surface area contributed by atoms with Gasteiger partial charge in [-0.2, -0.15) is 0 Å². The number of aliphatic hydroxyl groups excluding tert-OH is 2. The largest absolute Gasteiger partial charge is 0.466 e. The Morgan fingerprint density at radius 3 is 2.35 bits per heavy atom. The summed E-state index contributed by atoms with van der Waals surface area (Å²) in [5.41, 5.74) is -2.09. The first-order chi connectivity index (χ1) is 29.5. The third-order valence-corrected chi connectivity index (χ3v) is 12.5. The van der Waals surface area contributed by atoms with Crippen molar-refractivity contribution in [3.63, 3.8) is 0 Å². The van der Waals surface area contributed by atoms with Crippen LogP contribution in [-0.2, 0) is 61.9 Å². The van der Waals surface area contributed by atoms with Gasteiger partial charge in [0.25, 0.3) is 0 Å². The van der Waals surface area contributed by atoms with Crippen LogP contribution in [0.1, 0.15) is 106 Å². The molecule has 0 aromatic heterocycles. The number of methoxy groups -OCH3 is 1. The van der Waals surface area contributed by atoms with E-state index in [4.69, 9.17) is 37.9 Å². The van der Waals surface area contributed by atoms with Gasteiger partial charge >= 0.3 is 29.8 Å². The van der Waals surface area contributed by atoms with Gasteiger partial charge in [0.15, 0.2) is 18.0 Å². The van der Waals surface area contributed by atoms with Gasteiger partial charge in [-0.25, -0.2) is 14.4 Å². The van der Waals surface area contributed by atoms with Gasteiger partial charge in [-0.15, -0.1) is 0 Å². The summed E-state index contributed by atoms with van der Waals surface area (Å²) in [7, 11) is 1.24. The van der Waals surface area contributed by atoms with E-state index in [0.717, 1.165) is 25.0 Å². The Morgan fingerprint density at radius 1 is 0.952 bits per heavy atom. The molecule has 3 saturated heterocycles. The monoisotopic (exact) mass is 888 g/mol. The Labute approximate surface area is 368 Å². The maximum Gasteiger partial charge on any atom is 0.331 e. The Hall–Kier alpha value is -4.23. The molecule has 6 bridgehead atoms. The fourth-order valence-corrected chi connectivity index (χ4v) is 8.79. The minimum Gasteiger partial charge on any atom is -0.466 e. The highest BCUT2D eigenvalue weighted by Gasteiger charge is 2.63. The molecule has 63 heavy (non-hydrogen) atoms. The first kappa shape index (κ1) is 49.8. The predicted octanol–water partition coefficient (Wildman–Crippen LogP) is 3.64. The first-order valence-corrected chi connectivity index (χ1v) is 21.6. The fourth-order valence-electron chi connectivity index (χ4n) is 8.79. The van der Waals surface area contributed by atoms with Crippen LogP contribution >= 0.6 is 0 Å². The molecule has 4 N–H and O–H groups in total. The van der Waals surface area contributed by atoms with Crippen LogP contribution in [0.15, 0.2) is 59.8 Å². The summed E-state index contributed by atoms with van der Waals surface area (Å²) in [5.74, 6) is -8.33. The van der Waals surface area contributed by atoms with Gasteiger partial charge in [-0.1, -0.05) is 77.0 Å². The van der Waals surface area contributed by atoms with Gasteiger partial charge in [0.2, 0.25) is 5.79 Å². The standard InChI is InChI=1S/C46H64O17/c1-9-10-11-12-13-14-37(50)61-42-33-23-40(53)60-41(33)35-24-34(26(2)47)59-39(52)21-29(49)20-31-22-36(57-27(3)48)44(6,7)45(54,62-31)25-32-18-28(19-38(51)56-8)17-30(58-32)15-16-43(4,5)46(42,55)63-35/h11-16,19,23,26,29-32,34-36,41-42,47,49,54-55H,9-10,17-18,20-22,24-25H2,1-8H3/b12-11+,14-13+,16-15+,28-19+/t26-,29-,30+,31-,32+,34-,35-,36+,41+,42-,45+,46-/m1/s1. The highest BCUT2D eigenvalue weighted by atomic mass is 16.7. The third-order valence-electron chi connectivity index (χ3n) is 12.5. The number of carbonyl (C=O) groups excluding carboxylic acids is 5. The summed E-state index contributed by atoms with van der Waals surface area (Å²) >= 11 is 0. The van der Waals surface area contributed by atoms with E-state index < -0.39 is 120 Å². The van der Waals surface area contributed by atoms with Crippen molar-refractivity contribution < 1.29 is 82.3 Å². The second-order valence-electron chi connectivity index (χ2n) is 18.2. The normalized spacial score (nSPS) is 37.5. The van der Waals surface area contributed by atoms with Gasteiger partial charge in [0.1, 0.15) is 18.3 Å². The van der Waals surface area contributed by atoms with Crippen molar-refractivity contribution in [2.24, 2.45) is 10.8 Å². The van der Waals surface area contributed by atoms with Gasteiger partial charge in [-0.3, -0.25) is 9.59 Å². The molecular weight excluding hydrogens is 824 g/mol. The van der Waals surface area contributed by atoms with Crippen LogP contribution in [0.4, 0.5) is 0 Å². The molecule has 0 aromatic rings. The van der Waals surface area contributed by atoms with Crippen LogP contribution in [0, 0.1) is 10.8 Å². The molecule has 0 saturated carbocycles. The molecule has 5 rings (SSSR count). The zero-order valence-electron chi connectivity index (χ0n) is 37.4. The van der Waals surface area contributed by atoms with Crippen molar-refractivity contribution in [3.05, 3.63) is 59.8 Å². The molecule has 5 aliphatic rings. The number of cyclic esters (lactones) is 1. The summed E-state index contributed by atoms with van der Waals surface area (Å²) < 4.78 is 47.3. The lowest BCUT2D eigenvalue weighted by Gasteiger charge is -2.53. The summed E-state index contributed by atoms with van der Waals surface area (Å²) in [5, 5.41) is 47.5. The Bertz CT molecular complexity index is 1860. The molecule has 0 aliphatic carbocycles. The number of carbonyl (C=O) groups is 5. The second kappa shape index (κ2) is 20.3. The van der Waals surface area contributed by atoms with E-state index in [1.807, 2.05) is 13.0 Å². The molecule has 0 amide bonds. The molecule has 17 heteroatoms. The maximum absolute atomic E-state index is 13.4. The molecule has 5 heterocycles. The van der Waals surface area contributed by atoms with Gasteiger partial charge < -0.3 is 58.3 Å². The number of fused-ring (bicyclic) bond motifs is 8. The van der Waals surface area contributed by atoms with Crippen LogP contribution in [0.5, 0.6) is 0 Å². The number of allylic oxidation sites excluding steroid dienone is 3. The quantitative estimate of drug-likeness (QED) is 0.0894. The van der Waals surface area contributed by atoms with Crippen LogP contribution in [0.25, 0.3) is 0 Å². The molecule has 5 aliphatic heterocycles. The summed E-state index contributed by atoms with van der Waals surface area (Å²) in [6.07, 6.45) is 1.01. The average Bonchev–Trinajstić information content (AvgIpc) is 3.58. The van der Waals surface area contributed by atoms with E-state index >= 15 is 0 Å². The predicted molar refractivity (Wildman–Crippen MR) is 222 cm³/mol.